The maximum absolute atomic E-state index is 6.23. The van der Waals surface area contributed by atoms with Crippen LogP contribution in [0.1, 0.15) is 32.3 Å². The van der Waals surface area contributed by atoms with Crippen molar-refractivity contribution in [1.29, 1.82) is 0 Å². The normalized spacial score (nSPS) is 11.6. The van der Waals surface area contributed by atoms with Gasteiger partial charge in [0.15, 0.2) is 0 Å². The molecule has 0 fully saturated rings. The van der Waals surface area contributed by atoms with E-state index in [9.17, 15) is 0 Å². The Bertz CT molecular complexity index is 2050. The first-order valence-corrected chi connectivity index (χ1v) is 15.9. The summed E-state index contributed by atoms with van der Waals surface area (Å²) in [5.41, 5.74) is 15.6. The summed E-state index contributed by atoms with van der Waals surface area (Å²) < 4.78 is 0. The molecule has 0 saturated carbocycles. The fraction of sp³-hybridized carbons (Fsp3) is 0.116. The summed E-state index contributed by atoms with van der Waals surface area (Å²) in [5, 5.41) is 11.1. The predicted octanol–water partition coefficient (Wildman–Crippen LogP) is 11.9. The standard InChI is InChI=1S/C36H32N2.C7H8/c1-3-33(37)34(4-2)38-28-21-19-25(20-22-28)35-29-13-7-9-15-31(29)36(32-16-10-8-14-30(32)35)27-18-17-24-11-5-6-12-26(24)23-27;1-7-5-3-2-4-6-7/h5-23,38H,3-4,37H2,1-2H3;2-6H,1H3/b34-33-;. The quantitative estimate of drug-likeness (QED) is 0.191. The molecule has 3 N–H and O–H groups in total. The Hall–Kier alpha value is -5.34. The van der Waals surface area contributed by atoms with E-state index in [-0.39, 0.29) is 0 Å². The Labute approximate surface area is 266 Å². The van der Waals surface area contributed by atoms with E-state index in [1.165, 1.54) is 60.1 Å². The fourth-order valence-electron chi connectivity index (χ4n) is 6.13. The van der Waals surface area contributed by atoms with Gasteiger partial charge in [0.2, 0.25) is 0 Å². The summed E-state index contributed by atoms with van der Waals surface area (Å²) in [5.74, 6) is 0. The van der Waals surface area contributed by atoms with Crippen molar-refractivity contribution in [3.05, 3.63) is 163 Å². The van der Waals surface area contributed by atoms with Gasteiger partial charge in [0, 0.05) is 17.1 Å². The van der Waals surface area contributed by atoms with Gasteiger partial charge in [-0.1, -0.05) is 147 Å². The molecule has 0 aliphatic rings. The highest BCUT2D eigenvalue weighted by molar-refractivity contribution is 6.21. The first kappa shape index (κ1) is 29.7. The van der Waals surface area contributed by atoms with Crippen molar-refractivity contribution in [1.82, 2.24) is 0 Å². The van der Waals surface area contributed by atoms with Crippen molar-refractivity contribution in [2.24, 2.45) is 5.73 Å². The van der Waals surface area contributed by atoms with Crippen LogP contribution < -0.4 is 11.1 Å². The van der Waals surface area contributed by atoms with Gasteiger partial charge in [0.1, 0.15) is 0 Å². The van der Waals surface area contributed by atoms with Crippen LogP contribution in [0.25, 0.3) is 54.6 Å². The van der Waals surface area contributed by atoms with Crippen molar-refractivity contribution in [2.45, 2.75) is 33.6 Å². The molecular weight excluding hydrogens is 544 g/mol. The van der Waals surface area contributed by atoms with Crippen LogP contribution >= 0.6 is 0 Å². The predicted molar refractivity (Wildman–Crippen MR) is 196 cm³/mol. The molecule has 0 bridgehead atoms. The first-order valence-electron chi connectivity index (χ1n) is 15.9. The summed E-state index contributed by atoms with van der Waals surface area (Å²) in [6, 6.07) is 52.1. The number of hydrogen-bond donors (Lipinski definition) is 2. The second-order valence-corrected chi connectivity index (χ2v) is 11.5. The molecule has 2 nitrogen and oxygen atoms in total. The molecule has 2 heteroatoms. The van der Waals surface area contributed by atoms with Crippen molar-refractivity contribution in [3.8, 4) is 22.3 Å². The number of nitrogens with two attached hydrogens (primary N) is 1. The lowest BCUT2D eigenvalue weighted by molar-refractivity contribution is 0.971. The Morgan fingerprint density at radius 3 is 1.51 bits per heavy atom. The zero-order valence-electron chi connectivity index (χ0n) is 26.3. The molecule has 0 atom stereocenters. The van der Waals surface area contributed by atoms with Crippen LogP contribution in [0.5, 0.6) is 0 Å². The minimum atomic E-state index is 0.843. The molecule has 222 valence electrons. The molecule has 0 spiro atoms. The van der Waals surface area contributed by atoms with Crippen LogP contribution in [0.2, 0.25) is 0 Å². The number of allylic oxidation sites excluding steroid dienone is 2. The SMILES string of the molecule is CC/C(N)=C(\CC)Nc1ccc(-c2c3ccccc3c(-c3ccc4ccccc4c3)c3ccccc23)cc1.Cc1ccccc1. The molecule has 0 aliphatic heterocycles. The zero-order valence-corrected chi connectivity index (χ0v) is 26.3. The number of fused-ring (bicyclic) bond motifs is 3. The monoisotopic (exact) mass is 584 g/mol. The third-order valence-electron chi connectivity index (χ3n) is 8.50. The Morgan fingerprint density at radius 1 is 0.511 bits per heavy atom. The van der Waals surface area contributed by atoms with Gasteiger partial charge < -0.3 is 11.1 Å². The highest BCUT2D eigenvalue weighted by Gasteiger charge is 2.16. The molecule has 0 saturated heterocycles. The van der Waals surface area contributed by atoms with E-state index in [0.717, 1.165) is 29.9 Å². The summed E-state index contributed by atoms with van der Waals surface area (Å²) in [6.45, 7) is 6.31. The highest BCUT2D eigenvalue weighted by Crippen LogP contribution is 2.44. The van der Waals surface area contributed by atoms with Crippen LogP contribution in [0.15, 0.2) is 157 Å². The maximum Gasteiger partial charge on any atom is 0.0382 e. The van der Waals surface area contributed by atoms with Gasteiger partial charge in [-0.2, -0.15) is 0 Å². The Balaban J connectivity index is 0.000000452. The number of anilines is 1. The van der Waals surface area contributed by atoms with Gasteiger partial charge in [0.05, 0.1) is 0 Å². The average molecular weight is 585 g/mol. The van der Waals surface area contributed by atoms with E-state index in [1.807, 2.05) is 18.2 Å². The average Bonchev–Trinajstić information content (AvgIpc) is 3.10. The minimum absolute atomic E-state index is 0.843. The number of aryl methyl sites for hydroxylation is 1. The van der Waals surface area contributed by atoms with Gasteiger partial charge in [0.25, 0.3) is 0 Å². The van der Waals surface area contributed by atoms with Crippen LogP contribution in [-0.4, -0.2) is 0 Å². The van der Waals surface area contributed by atoms with Crippen LogP contribution in [0.3, 0.4) is 0 Å². The van der Waals surface area contributed by atoms with Gasteiger partial charge in [-0.25, -0.2) is 0 Å². The van der Waals surface area contributed by atoms with Gasteiger partial charge in [-0.15, -0.1) is 0 Å². The van der Waals surface area contributed by atoms with Crippen molar-refractivity contribution < 1.29 is 0 Å². The Morgan fingerprint density at radius 2 is 1.00 bits per heavy atom. The summed E-state index contributed by atoms with van der Waals surface area (Å²) >= 11 is 0. The molecule has 7 aromatic rings. The van der Waals surface area contributed by atoms with Gasteiger partial charge in [-0.3, -0.25) is 0 Å². The van der Waals surface area contributed by atoms with Crippen LogP contribution in [-0.2, 0) is 0 Å². The van der Waals surface area contributed by atoms with Gasteiger partial charge >= 0.3 is 0 Å². The largest absolute Gasteiger partial charge is 0.401 e. The lowest BCUT2D eigenvalue weighted by Gasteiger charge is -2.18. The van der Waals surface area contributed by atoms with E-state index in [0.29, 0.717) is 0 Å². The van der Waals surface area contributed by atoms with Crippen molar-refractivity contribution in [2.75, 3.05) is 5.32 Å². The summed E-state index contributed by atoms with van der Waals surface area (Å²) in [7, 11) is 0. The minimum Gasteiger partial charge on any atom is -0.401 e. The molecule has 45 heavy (non-hydrogen) atoms. The van der Waals surface area contributed by atoms with Crippen LogP contribution in [0.4, 0.5) is 5.69 Å². The second-order valence-electron chi connectivity index (χ2n) is 11.5. The third-order valence-corrected chi connectivity index (χ3v) is 8.50. The van der Waals surface area contributed by atoms with E-state index in [2.05, 4.69) is 153 Å². The number of nitrogens with one attached hydrogen (secondary N) is 1. The molecule has 0 radical (unpaired) electrons. The first-order chi connectivity index (χ1) is 22.1. The van der Waals surface area contributed by atoms with Crippen LogP contribution in [0, 0.1) is 6.92 Å². The van der Waals surface area contributed by atoms with E-state index in [4.69, 9.17) is 5.73 Å². The highest BCUT2D eigenvalue weighted by atomic mass is 14.9. The van der Waals surface area contributed by atoms with Crippen molar-refractivity contribution in [3.63, 3.8) is 0 Å². The number of hydrogen-bond acceptors (Lipinski definition) is 2. The molecule has 0 unspecified atom stereocenters. The summed E-state index contributed by atoms with van der Waals surface area (Å²) in [6.07, 6.45) is 1.72. The Kier molecular flexibility index (Phi) is 8.94. The molecule has 0 aromatic heterocycles. The molecule has 0 amide bonds. The smallest absolute Gasteiger partial charge is 0.0382 e. The van der Waals surface area contributed by atoms with Gasteiger partial charge in [-0.05, 0) is 92.5 Å². The molecule has 0 heterocycles. The second kappa shape index (κ2) is 13.5. The lowest BCUT2D eigenvalue weighted by atomic mass is 9.85. The van der Waals surface area contributed by atoms with E-state index in [1.54, 1.807) is 0 Å². The molecular formula is C43H40N2. The van der Waals surface area contributed by atoms with E-state index >= 15 is 0 Å². The molecule has 0 aliphatic carbocycles. The van der Waals surface area contributed by atoms with Crippen molar-refractivity contribution >= 4 is 38.0 Å². The van der Waals surface area contributed by atoms with E-state index < -0.39 is 0 Å². The molecule has 7 aromatic carbocycles. The zero-order chi connectivity index (χ0) is 31.2. The topological polar surface area (TPSA) is 38.0 Å². The fourth-order valence-corrected chi connectivity index (χ4v) is 6.13. The molecule has 7 rings (SSSR count). The lowest BCUT2D eigenvalue weighted by Crippen LogP contribution is -2.08. The summed E-state index contributed by atoms with van der Waals surface area (Å²) in [4.78, 5) is 0. The number of benzene rings is 7. The number of rotatable bonds is 6. The maximum atomic E-state index is 6.23. The third kappa shape index (κ3) is 6.32.